The second-order valence-corrected chi connectivity index (χ2v) is 8.77. The Bertz CT molecular complexity index is 647. The lowest BCUT2D eigenvalue weighted by Crippen LogP contribution is -2.67. The summed E-state index contributed by atoms with van der Waals surface area (Å²) in [5, 5.41) is 0. The highest BCUT2D eigenvalue weighted by Gasteiger charge is 2.51. The topological polar surface area (TPSA) is 84.9 Å². The second kappa shape index (κ2) is 6.91. The van der Waals surface area contributed by atoms with Gasteiger partial charge in [-0.2, -0.15) is 17.0 Å². The Labute approximate surface area is 143 Å². The lowest BCUT2D eigenvalue weighted by atomic mass is 9.80. The molecule has 0 aromatic carbocycles. The maximum absolute atomic E-state index is 12.1. The van der Waals surface area contributed by atoms with Gasteiger partial charge in [0.05, 0.1) is 18.4 Å². The van der Waals surface area contributed by atoms with E-state index in [1.165, 1.54) is 8.61 Å². The van der Waals surface area contributed by atoms with E-state index >= 15 is 0 Å². The molecule has 3 heterocycles. The van der Waals surface area contributed by atoms with Gasteiger partial charge in [0.2, 0.25) is 5.88 Å². The zero-order valence-corrected chi connectivity index (χ0v) is 14.9. The van der Waals surface area contributed by atoms with Crippen molar-refractivity contribution in [1.29, 1.82) is 0 Å². The SMILES string of the molecule is CN(C)S(=O)(=O)N1CC2(C[C@@H](CCOc3cnccn3)CCO2)C1. The normalized spacial score (nSPS) is 24.0. The summed E-state index contributed by atoms with van der Waals surface area (Å²) in [6.45, 7) is 2.13. The van der Waals surface area contributed by atoms with Crippen molar-refractivity contribution in [1.82, 2.24) is 18.6 Å². The maximum Gasteiger partial charge on any atom is 0.281 e. The van der Waals surface area contributed by atoms with Crippen LogP contribution in [0.1, 0.15) is 19.3 Å². The summed E-state index contributed by atoms with van der Waals surface area (Å²) >= 11 is 0. The van der Waals surface area contributed by atoms with E-state index in [2.05, 4.69) is 9.97 Å². The van der Waals surface area contributed by atoms with Gasteiger partial charge in [0.1, 0.15) is 0 Å². The minimum absolute atomic E-state index is 0.321. The Balaban J connectivity index is 1.47. The average Bonchev–Trinajstić information content (AvgIpc) is 2.53. The molecule has 1 spiro atoms. The zero-order valence-electron chi connectivity index (χ0n) is 14.1. The van der Waals surface area contributed by atoms with E-state index < -0.39 is 10.2 Å². The molecule has 3 rings (SSSR count). The molecule has 2 fully saturated rings. The van der Waals surface area contributed by atoms with Crippen LogP contribution in [0.15, 0.2) is 18.6 Å². The van der Waals surface area contributed by atoms with Crippen molar-refractivity contribution < 1.29 is 17.9 Å². The van der Waals surface area contributed by atoms with Crippen LogP contribution in [-0.2, 0) is 14.9 Å². The van der Waals surface area contributed by atoms with Gasteiger partial charge in [-0.3, -0.25) is 4.98 Å². The van der Waals surface area contributed by atoms with Crippen LogP contribution in [0.4, 0.5) is 0 Å². The third-order valence-electron chi connectivity index (χ3n) is 4.63. The predicted molar refractivity (Wildman–Crippen MR) is 87.7 cm³/mol. The highest BCUT2D eigenvalue weighted by atomic mass is 32.2. The lowest BCUT2D eigenvalue weighted by molar-refractivity contribution is -0.157. The molecule has 2 aliphatic rings. The average molecular weight is 356 g/mol. The number of aromatic nitrogens is 2. The van der Waals surface area contributed by atoms with Gasteiger partial charge in [0.15, 0.2) is 0 Å². The van der Waals surface area contributed by atoms with Crippen LogP contribution in [0.5, 0.6) is 5.88 Å². The first-order valence-corrected chi connectivity index (χ1v) is 9.51. The summed E-state index contributed by atoms with van der Waals surface area (Å²) in [6.07, 6.45) is 7.57. The molecule has 0 radical (unpaired) electrons. The van der Waals surface area contributed by atoms with Crippen molar-refractivity contribution in [3.63, 3.8) is 0 Å². The summed E-state index contributed by atoms with van der Waals surface area (Å²) in [6, 6.07) is 0. The van der Waals surface area contributed by atoms with E-state index in [0.717, 1.165) is 19.3 Å². The summed E-state index contributed by atoms with van der Waals surface area (Å²) in [7, 11) is -0.239. The first-order chi connectivity index (χ1) is 11.4. The van der Waals surface area contributed by atoms with Gasteiger partial charge in [-0.1, -0.05) is 0 Å². The highest BCUT2D eigenvalue weighted by Crippen LogP contribution is 2.39. The smallest absolute Gasteiger partial charge is 0.281 e. The molecule has 0 aliphatic carbocycles. The molecular formula is C15H24N4O4S. The molecule has 0 unspecified atom stereocenters. The predicted octanol–water partition coefficient (Wildman–Crippen LogP) is 0.533. The molecule has 134 valence electrons. The summed E-state index contributed by atoms with van der Waals surface area (Å²) in [5.41, 5.74) is -0.321. The molecule has 0 amide bonds. The Morgan fingerprint density at radius 2 is 2.21 bits per heavy atom. The van der Waals surface area contributed by atoms with Crippen molar-refractivity contribution in [2.24, 2.45) is 5.92 Å². The van der Waals surface area contributed by atoms with Gasteiger partial charge in [-0.15, -0.1) is 0 Å². The molecule has 2 saturated heterocycles. The van der Waals surface area contributed by atoms with Crippen LogP contribution >= 0.6 is 0 Å². The fourth-order valence-electron chi connectivity index (χ4n) is 3.28. The number of rotatable bonds is 6. The molecular weight excluding hydrogens is 332 g/mol. The van der Waals surface area contributed by atoms with Gasteiger partial charge in [-0.25, -0.2) is 4.98 Å². The summed E-state index contributed by atoms with van der Waals surface area (Å²) in [4.78, 5) is 8.05. The molecule has 0 bridgehead atoms. The Morgan fingerprint density at radius 1 is 1.42 bits per heavy atom. The van der Waals surface area contributed by atoms with E-state index in [0.29, 0.717) is 38.1 Å². The maximum atomic E-state index is 12.1. The standard InChI is InChI=1S/C15H24N4O4S/c1-18(2)24(20,21)19-11-15(12-19)9-13(4-8-23-15)3-7-22-14-10-16-5-6-17-14/h5-6,10,13H,3-4,7-9,11-12H2,1-2H3/t13-/m0/s1. The molecule has 0 N–H and O–H groups in total. The van der Waals surface area contributed by atoms with Crippen LogP contribution in [-0.4, -0.2) is 73.0 Å². The van der Waals surface area contributed by atoms with Gasteiger partial charge in [-0.05, 0) is 25.2 Å². The van der Waals surface area contributed by atoms with Crippen molar-refractivity contribution in [2.45, 2.75) is 24.9 Å². The lowest BCUT2D eigenvalue weighted by Gasteiger charge is -2.52. The van der Waals surface area contributed by atoms with Crippen LogP contribution in [0.25, 0.3) is 0 Å². The minimum atomic E-state index is -3.34. The third-order valence-corrected chi connectivity index (χ3v) is 6.46. The van der Waals surface area contributed by atoms with Crippen LogP contribution in [0.3, 0.4) is 0 Å². The molecule has 1 atom stereocenters. The Morgan fingerprint density at radius 3 is 2.88 bits per heavy atom. The van der Waals surface area contributed by atoms with E-state index in [-0.39, 0.29) is 5.60 Å². The van der Waals surface area contributed by atoms with E-state index in [4.69, 9.17) is 9.47 Å². The van der Waals surface area contributed by atoms with Gasteiger partial charge >= 0.3 is 0 Å². The number of nitrogens with zero attached hydrogens (tertiary/aromatic N) is 4. The first-order valence-electron chi connectivity index (χ1n) is 8.12. The number of hydrogen-bond acceptors (Lipinski definition) is 6. The zero-order chi connectivity index (χ0) is 17.2. The summed E-state index contributed by atoms with van der Waals surface area (Å²) in [5.74, 6) is 1.01. The third kappa shape index (κ3) is 3.69. The van der Waals surface area contributed by atoms with Crippen molar-refractivity contribution >= 4 is 10.2 Å². The van der Waals surface area contributed by atoms with Crippen molar-refractivity contribution in [3.05, 3.63) is 18.6 Å². The quantitative estimate of drug-likeness (QED) is 0.739. The van der Waals surface area contributed by atoms with Crippen LogP contribution < -0.4 is 4.74 Å². The second-order valence-electron chi connectivity index (χ2n) is 6.63. The number of ether oxygens (including phenoxy) is 2. The van der Waals surface area contributed by atoms with E-state index in [1.807, 2.05) is 0 Å². The van der Waals surface area contributed by atoms with Crippen LogP contribution in [0.2, 0.25) is 0 Å². The van der Waals surface area contributed by atoms with Gasteiger partial charge in [0.25, 0.3) is 10.2 Å². The monoisotopic (exact) mass is 356 g/mol. The van der Waals surface area contributed by atoms with Gasteiger partial charge in [0, 0.05) is 46.2 Å². The van der Waals surface area contributed by atoms with Gasteiger partial charge < -0.3 is 9.47 Å². The Hall–Kier alpha value is -1.29. The molecule has 8 nitrogen and oxygen atoms in total. The summed E-state index contributed by atoms with van der Waals surface area (Å²) < 4.78 is 38.5. The molecule has 0 saturated carbocycles. The highest BCUT2D eigenvalue weighted by molar-refractivity contribution is 7.86. The van der Waals surface area contributed by atoms with E-state index in [1.54, 1.807) is 32.7 Å². The molecule has 1 aromatic heterocycles. The van der Waals surface area contributed by atoms with Crippen LogP contribution in [0, 0.1) is 5.92 Å². The van der Waals surface area contributed by atoms with Crippen molar-refractivity contribution in [3.8, 4) is 5.88 Å². The fourth-order valence-corrected chi connectivity index (χ4v) is 4.54. The largest absolute Gasteiger partial charge is 0.477 e. The molecule has 1 aromatic rings. The molecule has 9 heteroatoms. The molecule has 2 aliphatic heterocycles. The fraction of sp³-hybridized carbons (Fsp3) is 0.733. The van der Waals surface area contributed by atoms with E-state index in [9.17, 15) is 8.42 Å². The minimum Gasteiger partial charge on any atom is -0.477 e. The van der Waals surface area contributed by atoms with Crippen molar-refractivity contribution in [2.75, 3.05) is 40.4 Å². The molecule has 24 heavy (non-hydrogen) atoms. The Kier molecular flexibility index (Phi) is 5.05. The first kappa shape index (κ1) is 17.5. The number of hydrogen-bond donors (Lipinski definition) is 0.